The van der Waals surface area contributed by atoms with Crippen LogP contribution in [0.1, 0.15) is 30.8 Å². The minimum atomic E-state index is 0.105. The number of halogens is 1. The molecular weight excluding hydrogens is 330 g/mol. The predicted molar refractivity (Wildman–Crippen MR) is 85.6 cm³/mol. The van der Waals surface area contributed by atoms with Gasteiger partial charge in [-0.2, -0.15) is 0 Å². The Morgan fingerprint density at radius 1 is 1.38 bits per heavy atom. The van der Waals surface area contributed by atoms with Crippen LogP contribution in [-0.4, -0.2) is 32.3 Å². The number of nitrogens with zero attached hydrogens (tertiary/aromatic N) is 4. The fourth-order valence-electron chi connectivity index (χ4n) is 2.97. The maximum absolute atomic E-state index is 6.43. The highest BCUT2D eigenvalue weighted by Crippen LogP contribution is 2.29. The van der Waals surface area contributed by atoms with Crippen LogP contribution < -0.4 is 5.73 Å². The second-order valence-corrected chi connectivity index (χ2v) is 6.40. The minimum Gasteiger partial charge on any atom is -0.326 e. The third kappa shape index (κ3) is 3.02. The van der Waals surface area contributed by atoms with Crippen molar-refractivity contribution in [2.75, 3.05) is 6.54 Å². The molecule has 2 heterocycles. The summed E-state index contributed by atoms with van der Waals surface area (Å²) >= 11 is 3.56. The molecule has 112 valence electrons. The van der Waals surface area contributed by atoms with Gasteiger partial charge in [-0.3, -0.25) is 4.90 Å². The number of fused-ring (bicyclic) bond motifs is 1. The van der Waals surface area contributed by atoms with Gasteiger partial charge >= 0.3 is 0 Å². The first-order valence-electron chi connectivity index (χ1n) is 7.31. The molecule has 0 fully saturated rings. The number of aromatic nitrogens is 3. The van der Waals surface area contributed by atoms with Crippen molar-refractivity contribution in [2.45, 2.75) is 38.5 Å². The van der Waals surface area contributed by atoms with E-state index in [4.69, 9.17) is 5.73 Å². The van der Waals surface area contributed by atoms with Gasteiger partial charge in [0.15, 0.2) is 0 Å². The molecule has 0 radical (unpaired) electrons. The molecule has 0 saturated heterocycles. The van der Waals surface area contributed by atoms with Crippen LogP contribution in [0.15, 0.2) is 35.1 Å². The second-order valence-electron chi connectivity index (χ2n) is 5.48. The molecule has 21 heavy (non-hydrogen) atoms. The van der Waals surface area contributed by atoms with Crippen molar-refractivity contribution in [3.8, 4) is 0 Å². The van der Waals surface area contributed by atoms with Crippen LogP contribution in [0.5, 0.6) is 0 Å². The zero-order valence-electron chi connectivity index (χ0n) is 12.1. The number of hydrogen-bond donors (Lipinski definition) is 1. The standard InChI is InChI=1S/C15H20BrN5/c1-2-13(17)15(11-4-3-5-12(16)8-11)20-6-7-21-10-18-19-14(21)9-20/h3-5,8,10,13,15H,2,6-7,9,17H2,1H3. The summed E-state index contributed by atoms with van der Waals surface area (Å²) < 4.78 is 3.21. The van der Waals surface area contributed by atoms with E-state index < -0.39 is 0 Å². The van der Waals surface area contributed by atoms with E-state index in [9.17, 15) is 0 Å². The molecule has 5 nitrogen and oxygen atoms in total. The van der Waals surface area contributed by atoms with Gasteiger partial charge in [0.2, 0.25) is 0 Å². The summed E-state index contributed by atoms with van der Waals surface area (Å²) in [4.78, 5) is 2.42. The molecule has 0 bridgehead atoms. The highest BCUT2D eigenvalue weighted by Gasteiger charge is 2.29. The molecule has 1 aliphatic heterocycles. The Morgan fingerprint density at radius 2 is 2.24 bits per heavy atom. The average molecular weight is 350 g/mol. The van der Waals surface area contributed by atoms with Crippen LogP contribution in [0.25, 0.3) is 0 Å². The first-order valence-corrected chi connectivity index (χ1v) is 8.10. The van der Waals surface area contributed by atoms with Crippen molar-refractivity contribution in [1.82, 2.24) is 19.7 Å². The zero-order valence-corrected chi connectivity index (χ0v) is 13.7. The van der Waals surface area contributed by atoms with Gasteiger partial charge < -0.3 is 10.3 Å². The molecule has 2 unspecified atom stereocenters. The summed E-state index contributed by atoms with van der Waals surface area (Å²) in [6, 6.07) is 8.75. The van der Waals surface area contributed by atoms with Gasteiger partial charge in [-0.15, -0.1) is 10.2 Å². The van der Waals surface area contributed by atoms with Crippen LogP contribution in [0.3, 0.4) is 0 Å². The molecule has 0 aliphatic carbocycles. The van der Waals surface area contributed by atoms with E-state index in [-0.39, 0.29) is 12.1 Å². The topological polar surface area (TPSA) is 60.0 Å². The maximum atomic E-state index is 6.43. The lowest BCUT2D eigenvalue weighted by Crippen LogP contribution is -2.44. The van der Waals surface area contributed by atoms with Crippen LogP contribution >= 0.6 is 15.9 Å². The number of nitrogens with two attached hydrogens (primary N) is 1. The predicted octanol–water partition coefficient (Wildman–Crippen LogP) is 2.33. The highest BCUT2D eigenvalue weighted by atomic mass is 79.9. The molecule has 0 spiro atoms. The fourth-order valence-corrected chi connectivity index (χ4v) is 3.38. The Kier molecular flexibility index (Phi) is 4.37. The van der Waals surface area contributed by atoms with E-state index in [1.54, 1.807) is 6.33 Å². The van der Waals surface area contributed by atoms with E-state index >= 15 is 0 Å². The summed E-state index contributed by atoms with van der Waals surface area (Å²) in [7, 11) is 0. The van der Waals surface area contributed by atoms with Crippen LogP contribution in [0.2, 0.25) is 0 Å². The Balaban J connectivity index is 1.90. The summed E-state index contributed by atoms with van der Waals surface area (Å²) in [6.07, 6.45) is 2.75. The Hall–Kier alpha value is -1.24. The molecule has 0 saturated carbocycles. The van der Waals surface area contributed by atoms with Gasteiger partial charge in [-0.05, 0) is 24.1 Å². The number of hydrogen-bond acceptors (Lipinski definition) is 4. The van der Waals surface area contributed by atoms with E-state index in [0.717, 1.165) is 36.4 Å². The molecule has 2 aromatic rings. The summed E-state index contributed by atoms with van der Waals surface area (Å²) in [5, 5.41) is 8.20. The number of rotatable bonds is 4. The monoisotopic (exact) mass is 349 g/mol. The third-order valence-corrected chi connectivity index (χ3v) is 4.62. The van der Waals surface area contributed by atoms with Gasteiger partial charge in [0.05, 0.1) is 12.6 Å². The minimum absolute atomic E-state index is 0.105. The highest BCUT2D eigenvalue weighted by molar-refractivity contribution is 9.10. The van der Waals surface area contributed by atoms with Crippen LogP contribution in [0.4, 0.5) is 0 Å². The first-order chi connectivity index (χ1) is 10.2. The molecule has 3 rings (SSSR count). The van der Waals surface area contributed by atoms with Gasteiger partial charge in [0.25, 0.3) is 0 Å². The maximum Gasteiger partial charge on any atom is 0.147 e. The zero-order chi connectivity index (χ0) is 14.8. The molecule has 0 amide bonds. The van der Waals surface area contributed by atoms with Crippen molar-refractivity contribution in [3.63, 3.8) is 0 Å². The Bertz CT molecular complexity index is 612. The summed E-state index contributed by atoms with van der Waals surface area (Å²) in [5.41, 5.74) is 7.68. The SMILES string of the molecule is CCC(N)C(c1cccc(Br)c1)N1CCn2cnnc2C1. The summed E-state index contributed by atoms with van der Waals surface area (Å²) in [5.74, 6) is 1.02. The normalized spacial score (nSPS) is 18.2. The van der Waals surface area contributed by atoms with E-state index in [1.165, 1.54) is 5.56 Å². The molecular formula is C15H20BrN5. The largest absolute Gasteiger partial charge is 0.326 e. The van der Waals surface area contributed by atoms with Gasteiger partial charge in [-0.1, -0.05) is 35.0 Å². The van der Waals surface area contributed by atoms with E-state index in [2.05, 4.69) is 60.7 Å². The van der Waals surface area contributed by atoms with Crippen molar-refractivity contribution in [2.24, 2.45) is 5.73 Å². The Morgan fingerprint density at radius 3 is 3.00 bits per heavy atom. The Labute approximate surface area is 133 Å². The van der Waals surface area contributed by atoms with Crippen molar-refractivity contribution < 1.29 is 0 Å². The van der Waals surface area contributed by atoms with E-state index in [0.29, 0.717) is 0 Å². The van der Waals surface area contributed by atoms with Crippen LogP contribution in [0, 0.1) is 0 Å². The lowest BCUT2D eigenvalue weighted by atomic mass is 9.96. The van der Waals surface area contributed by atoms with Gasteiger partial charge in [0.1, 0.15) is 12.2 Å². The smallest absolute Gasteiger partial charge is 0.147 e. The van der Waals surface area contributed by atoms with Gasteiger partial charge in [-0.25, -0.2) is 0 Å². The first kappa shape index (κ1) is 14.7. The van der Waals surface area contributed by atoms with E-state index in [1.807, 2.05) is 6.07 Å². The fraction of sp³-hybridized carbons (Fsp3) is 0.467. The molecule has 1 aromatic heterocycles. The second kappa shape index (κ2) is 6.25. The molecule has 6 heteroatoms. The van der Waals surface area contributed by atoms with Crippen molar-refractivity contribution >= 4 is 15.9 Å². The van der Waals surface area contributed by atoms with Crippen molar-refractivity contribution in [3.05, 3.63) is 46.5 Å². The molecule has 1 aliphatic rings. The lowest BCUT2D eigenvalue weighted by Gasteiger charge is -2.37. The molecule has 2 atom stereocenters. The van der Waals surface area contributed by atoms with Gasteiger partial charge in [0, 0.05) is 23.6 Å². The van der Waals surface area contributed by atoms with Crippen LogP contribution in [-0.2, 0) is 13.1 Å². The molecule has 1 aromatic carbocycles. The summed E-state index contributed by atoms with van der Waals surface area (Å²) in [6.45, 7) is 4.83. The average Bonchev–Trinajstić information content (AvgIpc) is 2.95. The number of benzene rings is 1. The molecule has 2 N–H and O–H groups in total. The quantitative estimate of drug-likeness (QED) is 0.920. The van der Waals surface area contributed by atoms with Crippen molar-refractivity contribution in [1.29, 1.82) is 0 Å². The lowest BCUT2D eigenvalue weighted by molar-refractivity contribution is 0.130. The third-order valence-electron chi connectivity index (χ3n) is 4.13.